The first kappa shape index (κ1) is 14.1. The van der Waals surface area contributed by atoms with Crippen LogP contribution in [0.3, 0.4) is 0 Å². The Balaban J connectivity index is 1.89. The maximum Gasteiger partial charge on any atom is 0.0564 e. The van der Waals surface area contributed by atoms with Gasteiger partial charge in [-0.2, -0.15) is 0 Å². The molecule has 110 valence electrons. The lowest BCUT2D eigenvalue weighted by Crippen LogP contribution is -2.51. The number of rotatable bonds is 2. The van der Waals surface area contributed by atoms with Gasteiger partial charge in [-0.3, -0.25) is 4.90 Å². The lowest BCUT2D eigenvalue weighted by molar-refractivity contribution is -0.00777. The second-order valence-electron chi connectivity index (χ2n) is 6.68. The number of aliphatic hydroxyl groups is 1. The van der Waals surface area contributed by atoms with Crippen LogP contribution in [0.25, 0.3) is 0 Å². The highest BCUT2D eigenvalue weighted by atomic mass is 16.3. The minimum Gasteiger partial charge on any atom is -0.393 e. The van der Waals surface area contributed by atoms with E-state index in [1.165, 1.54) is 43.2 Å². The molecule has 1 N–H and O–H groups in total. The Morgan fingerprint density at radius 2 is 1.60 bits per heavy atom. The molecule has 1 aromatic rings. The van der Waals surface area contributed by atoms with Crippen LogP contribution in [0.2, 0.25) is 0 Å². The molecule has 1 aliphatic carbocycles. The van der Waals surface area contributed by atoms with Crippen molar-refractivity contribution in [3.8, 4) is 0 Å². The summed E-state index contributed by atoms with van der Waals surface area (Å²) in [6.07, 6.45) is 8.42. The minimum absolute atomic E-state index is 0.0788. The maximum atomic E-state index is 9.79. The Morgan fingerprint density at radius 1 is 1.00 bits per heavy atom. The van der Waals surface area contributed by atoms with Gasteiger partial charge < -0.3 is 5.11 Å². The Kier molecular flexibility index (Phi) is 4.13. The number of aliphatic hydroxyl groups excluding tert-OH is 1. The van der Waals surface area contributed by atoms with Crippen molar-refractivity contribution in [2.24, 2.45) is 0 Å². The number of hydrogen-bond acceptors (Lipinski definition) is 2. The third kappa shape index (κ3) is 2.64. The summed E-state index contributed by atoms with van der Waals surface area (Å²) >= 11 is 0. The summed E-state index contributed by atoms with van der Waals surface area (Å²) < 4.78 is 0. The highest BCUT2D eigenvalue weighted by Gasteiger charge is 2.40. The van der Waals surface area contributed by atoms with Crippen LogP contribution in [-0.4, -0.2) is 29.2 Å². The molecule has 1 heterocycles. The van der Waals surface area contributed by atoms with Crippen LogP contribution in [0.1, 0.15) is 56.1 Å². The van der Waals surface area contributed by atoms with Gasteiger partial charge in [0, 0.05) is 18.6 Å². The summed E-state index contributed by atoms with van der Waals surface area (Å²) in [7, 11) is 0. The zero-order valence-corrected chi connectivity index (χ0v) is 12.6. The Bertz CT molecular complexity index is 425. The zero-order valence-electron chi connectivity index (χ0n) is 12.6. The Morgan fingerprint density at radius 3 is 2.20 bits per heavy atom. The van der Waals surface area contributed by atoms with Gasteiger partial charge in [0.1, 0.15) is 0 Å². The molecule has 0 bridgehead atoms. The van der Waals surface area contributed by atoms with Crippen molar-refractivity contribution in [2.75, 3.05) is 13.1 Å². The van der Waals surface area contributed by atoms with Crippen LogP contribution in [0, 0.1) is 6.92 Å². The van der Waals surface area contributed by atoms with E-state index in [0.29, 0.717) is 0 Å². The van der Waals surface area contributed by atoms with E-state index in [9.17, 15) is 5.11 Å². The topological polar surface area (TPSA) is 23.5 Å². The van der Waals surface area contributed by atoms with Gasteiger partial charge in [-0.15, -0.1) is 0 Å². The molecule has 0 spiro atoms. The van der Waals surface area contributed by atoms with Gasteiger partial charge in [-0.25, -0.2) is 0 Å². The van der Waals surface area contributed by atoms with Crippen molar-refractivity contribution in [3.05, 3.63) is 35.4 Å². The first-order valence-electron chi connectivity index (χ1n) is 8.21. The first-order chi connectivity index (χ1) is 9.71. The highest BCUT2D eigenvalue weighted by molar-refractivity contribution is 5.29. The molecule has 3 rings (SSSR count). The van der Waals surface area contributed by atoms with E-state index in [4.69, 9.17) is 0 Å². The summed E-state index contributed by atoms with van der Waals surface area (Å²) in [5.74, 6) is 0. The first-order valence-corrected chi connectivity index (χ1v) is 8.21. The fraction of sp³-hybridized carbons (Fsp3) is 0.667. The number of aryl methyl sites for hydroxylation is 1. The average molecular weight is 273 g/mol. The summed E-state index contributed by atoms with van der Waals surface area (Å²) in [5.41, 5.74) is 3.08. The quantitative estimate of drug-likeness (QED) is 0.890. The van der Waals surface area contributed by atoms with E-state index >= 15 is 0 Å². The van der Waals surface area contributed by atoms with Crippen molar-refractivity contribution in [3.63, 3.8) is 0 Å². The van der Waals surface area contributed by atoms with Crippen LogP contribution in [0.15, 0.2) is 24.3 Å². The molecule has 1 saturated carbocycles. The predicted molar refractivity (Wildman–Crippen MR) is 82.8 cm³/mol. The van der Waals surface area contributed by atoms with E-state index in [1.54, 1.807) is 0 Å². The van der Waals surface area contributed by atoms with Gasteiger partial charge in [-0.1, -0.05) is 49.1 Å². The molecule has 1 saturated heterocycles. The van der Waals surface area contributed by atoms with Gasteiger partial charge in [0.2, 0.25) is 0 Å². The number of benzene rings is 1. The molecule has 1 aromatic carbocycles. The molecule has 1 aliphatic heterocycles. The van der Waals surface area contributed by atoms with Crippen LogP contribution >= 0.6 is 0 Å². The Labute approximate surface area is 122 Å². The molecule has 0 aromatic heterocycles. The SMILES string of the molecule is Cc1ccc(C2(N3CCC(O)CC3)CCCCC2)cc1. The largest absolute Gasteiger partial charge is 0.393 e. The van der Waals surface area contributed by atoms with Gasteiger partial charge in [0.25, 0.3) is 0 Å². The fourth-order valence-corrected chi connectivity index (χ4v) is 4.08. The van der Waals surface area contributed by atoms with Crippen molar-refractivity contribution >= 4 is 0 Å². The standard InChI is InChI=1S/C18H27NO/c1-15-5-7-16(8-6-15)18(11-3-2-4-12-18)19-13-9-17(20)10-14-19/h5-8,17,20H,2-4,9-14H2,1H3. The highest BCUT2D eigenvalue weighted by Crippen LogP contribution is 2.43. The van der Waals surface area contributed by atoms with Crippen LogP contribution in [-0.2, 0) is 5.54 Å². The third-order valence-electron chi connectivity index (χ3n) is 5.34. The Hall–Kier alpha value is -0.860. The summed E-state index contributed by atoms with van der Waals surface area (Å²) in [6, 6.07) is 9.19. The lowest BCUT2D eigenvalue weighted by atomic mass is 9.74. The summed E-state index contributed by atoms with van der Waals surface area (Å²) in [4.78, 5) is 2.67. The van der Waals surface area contributed by atoms with E-state index in [2.05, 4.69) is 36.1 Å². The monoisotopic (exact) mass is 273 g/mol. The van der Waals surface area contributed by atoms with Crippen molar-refractivity contribution in [1.82, 2.24) is 4.90 Å². The maximum absolute atomic E-state index is 9.79. The van der Waals surface area contributed by atoms with E-state index in [0.717, 1.165) is 25.9 Å². The molecule has 2 aliphatic rings. The second-order valence-corrected chi connectivity index (χ2v) is 6.68. The molecule has 2 fully saturated rings. The number of hydrogen-bond donors (Lipinski definition) is 1. The summed E-state index contributed by atoms with van der Waals surface area (Å²) in [6.45, 7) is 4.26. The number of likely N-dealkylation sites (tertiary alicyclic amines) is 1. The zero-order chi connectivity index (χ0) is 14.0. The third-order valence-corrected chi connectivity index (χ3v) is 5.34. The lowest BCUT2D eigenvalue weighted by Gasteiger charge is -2.49. The fourth-order valence-electron chi connectivity index (χ4n) is 4.08. The predicted octanol–water partition coefficient (Wildman–Crippen LogP) is 3.61. The molecule has 2 nitrogen and oxygen atoms in total. The molecular weight excluding hydrogens is 246 g/mol. The molecule has 0 amide bonds. The normalized spacial score (nSPS) is 24.7. The molecule has 0 radical (unpaired) electrons. The van der Waals surface area contributed by atoms with Crippen LogP contribution in [0.4, 0.5) is 0 Å². The van der Waals surface area contributed by atoms with E-state index in [-0.39, 0.29) is 11.6 Å². The van der Waals surface area contributed by atoms with Gasteiger partial charge >= 0.3 is 0 Å². The molecule has 20 heavy (non-hydrogen) atoms. The molecule has 2 heteroatoms. The minimum atomic E-state index is -0.0788. The van der Waals surface area contributed by atoms with Crippen LogP contribution < -0.4 is 0 Å². The smallest absolute Gasteiger partial charge is 0.0564 e. The molecular formula is C18H27NO. The van der Waals surface area contributed by atoms with Crippen molar-refractivity contribution in [1.29, 1.82) is 0 Å². The molecule has 0 unspecified atom stereocenters. The van der Waals surface area contributed by atoms with Gasteiger partial charge in [-0.05, 0) is 38.2 Å². The van der Waals surface area contributed by atoms with Crippen molar-refractivity contribution < 1.29 is 5.11 Å². The summed E-state index contributed by atoms with van der Waals surface area (Å²) in [5, 5.41) is 9.79. The average Bonchev–Trinajstić information content (AvgIpc) is 2.49. The van der Waals surface area contributed by atoms with Crippen LogP contribution in [0.5, 0.6) is 0 Å². The van der Waals surface area contributed by atoms with E-state index in [1.807, 2.05) is 0 Å². The number of nitrogens with zero attached hydrogens (tertiary/aromatic N) is 1. The second kappa shape index (κ2) is 5.87. The van der Waals surface area contributed by atoms with Gasteiger partial charge in [0.15, 0.2) is 0 Å². The molecule has 0 atom stereocenters. The number of piperidine rings is 1. The van der Waals surface area contributed by atoms with Crippen molar-refractivity contribution in [2.45, 2.75) is 63.5 Å². The van der Waals surface area contributed by atoms with E-state index < -0.39 is 0 Å². The van der Waals surface area contributed by atoms with Gasteiger partial charge in [0.05, 0.1) is 6.10 Å².